The quantitative estimate of drug-likeness (QED) is 0.0957. The first-order chi connectivity index (χ1) is 25.9. The molecule has 0 aliphatic carbocycles. The van der Waals surface area contributed by atoms with Crippen LogP contribution in [0.25, 0.3) is 0 Å². The Bertz CT molecular complexity index is 1670. The number of alkyl halides is 39. The lowest BCUT2D eigenvalue weighted by Crippen LogP contribution is -2.74. The summed E-state index contributed by atoms with van der Waals surface area (Å²) in [5.74, 6) is 0. The average molecular weight is 3420 g/mol. The van der Waals surface area contributed by atoms with E-state index in [1.807, 2.05) is 0 Å². The fourth-order valence-electron chi connectivity index (χ4n) is 3.46. The summed E-state index contributed by atoms with van der Waals surface area (Å²) in [6, 6.07) is 0. The van der Waals surface area contributed by atoms with E-state index in [0.29, 0.717) is 0 Å². The highest BCUT2D eigenvalue weighted by Gasteiger charge is 2.85. The fourth-order valence-corrected chi connectivity index (χ4v) is 43.9. The number of halogens is 39. The van der Waals surface area contributed by atoms with Gasteiger partial charge in [0.15, 0.2) is 5.38 Å². The van der Waals surface area contributed by atoms with Crippen molar-refractivity contribution in [1.29, 1.82) is 0 Å². The van der Waals surface area contributed by atoms with Crippen LogP contribution in [0.1, 0.15) is 0 Å². The van der Waals surface area contributed by atoms with Gasteiger partial charge in [-0.25, -0.2) is 4.21 Å². The molecule has 0 fully saturated rings. The second-order valence-electron chi connectivity index (χ2n) is 11.1. The topological polar surface area (TPSA) is 49.4 Å². The van der Waals surface area contributed by atoms with Crippen molar-refractivity contribution in [3.05, 3.63) is 0 Å². The molecule has 0 N–H and O–H groups in total. The maximum Gasteiger partial charge on any atom is 0.219 e. The molecule has 0 aromatic rings. The van der Waals surface area contributed by atoms with Gasteiger partial charge in [-0.15, -0.1) is 0 Å². The van der Waals surface area contributed by atoms with E-state index in [2.05, 4.69) is 621 Å². The van der Waals surface area contributed by atoms with E-state index in [0.717, 1.165) is 0 Å². The summed E-state index contributed by atoms with van der Waals surface area (Å²) in [6.07, 6.45) is 0. The van der Waals surface area contributed by atoms with Crippen molar-refractivity contribution in [2.75, 3.05) is 0 Å². The smallest absolute Gasteiger partial charge is 0.219 e. The summed E-state index contributed by atoms with van der Waals surface area (Å²) in [4.78, 5) is 0. The molecule has 0 aliphatic rings. The lowest BCUT2D eigenvalue weighted by molar-refractivity contribution is 0.247. The first-order valence-electron chi connectivity index (χ1n) is 12.6. The predicted molar refractivity (Wildman–Crippen MR) is 410 cm³/mol. The van der Waals surface area contributed by atoms with Crippen LogP contribution >= 0.6 is 621 Å². The Morgan fingerprint density at radius 1 is 0.226 bits per heavy atom. The van der Waals surface area contributed by atoms with Gasteiger partial charge in [0.05, 0.1) is 11.4 Å². The van der Waals surface area contributed by atoms with Crippen LogP contribution in [0, 0.1) is 0 Å². The van der Waals surface area contributed by atoms with Crippen molar-refractivity contribution in [2.24, 2.45) is 0 Å². The molecule has 374 valence electrons. The van der Waals surface area contributed by atoms with Crippen LogP contribution in [0.15, 0.2) is 0 Å². The van der Waals surface area contributed by atoms with E-state index in [-0.39, 0.29) is 0 Å². The Kier molecular flexibility index (Phi) is 34.5. The molecule has 62 heavy (non-hydrogen) atoms. The van der Waals surface area contributed by atoms with Gasteiger partial charge in [0.1, 0.15) is 51.7 Å². The highest BCUT2D eigenvalue weighted by Crippen LogP contribution is 2.84. The van der Waals surface area contributed by atoms with Crippen LogP contribution in [0.4, 0.5) is 0 Å². The van der Waals surface area contributed by atoms with Crippen molar-refractivity contribution >= 4 is 633 Å². The third kappa shape index (κ3) is 13.8. The normalized spacial score (nSPS) is 17.7. The van der Waals surface area contributed by atoms with E-state index >= 15 is 0 Å². The molecule has 43 heteroatoms. The first kappa shape index (κ1) is 80.8. The standard InChI is InChI=1S/C19HBr39O3S/c20-1(21,2(22,23)4(26,27)6(30,31)8(34,35)10(38,39)12(42,43)14(46,47)16(50,51)18(54,55)56)3(24,25)5(28,29)7(32,33)9(36,37)11(40,41)13(44,45)15(48,49)17(52,53)19(57,58)61-62(59)60/h(H,59,60)/p-1. The minimum Gasteiger partial charge on any atom is -0.750 e. The van der Waals surface area contributed by atoms with Crippen molar-refractivity contribution in [2.45, 2.75) is 60.5 Å². The molecule has 0 aromatic carbocycles. The Morgan fingerprint density at radius 3 is 0.452 bits per heavy atom. The van der Waals surface area contributed by atoms with Gasteiger partial charge in [0.2, 0.25) is 3.42 Å². The third-order valence-corrected chi connectivity index (χ3v) is 91.1. The summed E-state index contributed by atoms with van der Waals surface area (Å²) in [5, 5.41) is 0. The number of rotatable bonds is 19. The van der Waals surface area contributed by atoms with Gasteiger partial charge in [-0.3, -0.25) is 4.18 Å². The molecule has 3 nitrogen and oxygen atoms in total. The largest absolute Gasteiger partial charge is 0.750 e. The molecule has 0 aromatic heterocycles. The maximum atomic E-state index is 11.7. The monoisotopic (exact) mass is 3390 g/mol. The van der Waals surface area contributed by atoms with Crippen molar-refractivity contribution in [3.63, 3.8) is 0 Å². The molecule has 0 aliphatic heterocycles. The van der Waals surface area contributed by atoms with Crippen molar-refractivity contribution < 1.29 is 12.9 Å². The highest BCUT2D eigenvalue weighted by atomic mass is 80.0. The summed E-state index contributed by atoms with van der Waals surface area (Å²) < 4.78 is 2.12. The zero-order chi connectivity index (χ0) is 51.8. The molecular weight excluding hydrogens is 3420 g/mol. The predicted octanol–water partition coefficient (Wildman–Crippen LogP) is 28.3. The Balaban J connectivity index is 7.94. The van der Waals surface area contributed by atoms with Gasteiger partial charge in [-0.05, 0) is 31.9 Å². The molecule has 0 spiro atoms. The van der Waals surface area contributed by atoms with Crippen LogP contribution in [0.5, 0.6) is 0 Å². The van der Waals surface area contributed by atoms with E-state index in [1.165, 1.54) is 0 Å². The second-order valence-corrected chi connectivity index (χ2v) is 80.2. The molecule has 0 saturated carbocycles. The molecular formula is C19Br39O3S-. The van der Waals surface area contributed by atoms with Gasteiger partial charge < -0.3 is 4.55 Å². The molecule has 0 radical (unpaired) electrons. The van der Waals surface area contributed by atoms with Crippen LogP contribution in [0.2, 0.25) is 0 Å². The van der Waals surface area contributed by atoms with Crippen molar-refractivity contribution in [3.8, 4) is 0 Å². The number of hydrogen-bond acceptors (Lipinski definition) is 3. The van der Waals surface area contributed by atoms with Crippen LogP contribution in [-0.2, 0) is 15.5 Å². The van der Waals surface area contributed by atoms with Crippen LogP contribution in [0.3, 0.4) is 0 Å². The molecule has 0 heterocycles. The molecule has 0 saturated heterocycles. The lowest BCUT2D eigenvalue weighted by Gasteiger charge is -2.62. The summed E-state index contributed by atoms with van der Waals surface area (Å²) in [6.45, 7) is 0. The van der Waals surface area contributed by atoms with Gasteiger partial charge >= 0.3 is 0 Å². The maximum absolute atomic E-state index is 11.7. The zero-order valence-corrected chi connectivity index (χ0v) is 88.5. The van der Waals surface area contributed by atoms with E-state index in [1.54, 1.807) is 0 Å². The molecule has 0 amide bonds. The van der Waals surface area contributed by atoms with Crippen LogP contribution < -0.4 is 0 Å². The average Bonchev–Trinajstić information content (AvgIpc) is 3.01. The Morgan fingerprint density at radius 2 is 0.339 bits per heavy atom. The highest BCUT2D eigenvalue weighted by molar-refractivity contribution is 9.43. The molecule has 0 rings (SSSR count). The number of hydrogen-bond donors (Lipinski definition) is 0. The van der Waals surface area contributed by atoms with E-state index < -0.39 is 71.9 Å². The Labute approximate surface area is 688 Å². The fraction of sp³-hybridized carbons (Fsp3) is 1.00. The minimum absolute atomic E-state index is 0.943. The second kappa shape index (κ2) is 26.5. The summed E-state index contributed by atoms with van der Waals surface area (Å²) >= 11 is 148. The third-order valence-electron chi connectivity index (χ3n) is 7.20. The van der Waals surface area contributed by atoms with Gasteiger partial charge in [0.25, 0.3) is 0 Å². The van der Waals surface area contributed by atoms with E-state index in [9.17, 15) is 8.76 Å². The van der Waals surface area contributed by atoms with Crippen molar-refractivity contribution in [1.82, 2.24) is 0 Å². The lowest BCUT2D eigenvalue weighted by atomic mass is 10.0. The molecule has 1 unspecified atom stereocenters. The van der Waals surface area contributed by atoms with Gasteiger partial charge in [-0.1, -0.05) is 589 Å². The SMILES string of the molecule is O=S([O-])OC(Br)(Br)C(Br)(Br)C(Br)(Br)C(Br)(Br)C(Br)(Br)C(Br)(Br)C(Br)(Br)C(Br)(Br)C(Br)(Br)C(Br)(Br)C(Br)(Br)C(Br)(Br)C(Br)(Br)C(Br)(Br)C(Br)(Br)C(Br)(Br)C(Br)(Br)C(Br)(Br)C(Br)(Br)Br. The Hall–Kier alpha value is 18.8. The van der Waals surface area contributed by atoms with Crippen LogP contribution in [-0.4, -0.2) is 69.3 Å². The summed E-state index contributed by atoms with van der Waals surface area (Å²) in [7, 11) is 0. The minimum atomic E-state index is -2.98. The van der Waals surface area contributed by atoms with Gasteiger partial charge in [0, 0.05) is 0 Å². The zero-order valence-electron chi connectivity index (χ0n) is 25.9. The first-order valence-corrected chi connectivity index (χ1v) is 44.5. The summed E-state index contributed by atoms with van der Waals surface area (Å²) in [5.41, 5.74) is 0. The van der Waals surface area contributed by atoms with Gasteiger partial charge in [-0.2, -0.15) is 0 Å². The molecule has 0 bridgehead atoms. The molecule has 1 atom stereocenters. The van der Waals surface area contributed by atoms with E-state index in [4.69, 9.17) is 4.18 Å².